The third-order valence-electron chi connectivity index (χ3n) is 3.48. The molecular weight excluding hydrogens is 292 g/mol. The van der Waals surface area contributed by atoms with E-state index < -0.39 is 0 Å². The molecule has 0 fully saturated rings. The van der Waals surface area contributed by atoms with Crippen LogP contribution in [0.15, 0.2) is 60.0 Å². The number of phenols is 1. The Bertz CT molecular complexity index is 1020. The molecule has 4 aromatic rings. The van der Waals surface area contributed by atoms with Crippen molar-refractivity contribution in [3.05, 3.63) is 60.4 Å². The number of rotatable bonds is 3. The second-order valence-electron chi connectivity index (χ2n) is 4.94. The van der Waals surface area contributed by atoms with Gasteiger partial charge in [-0.15, -0.1) is 15.3 Å². The molecule has 7 nitrogen and oxygen atoms in total. The van der Waals surface area contributed by atoms with Gasteiger partial charge < -0.3 is 5.11 Å². The number of hydrazone groups is 1. The number of hydrogen-bond donors (Lipinski definition) is 2. The van der Waals surface area contributed by atoms with E-state index in [0.717, 1.165) is 10.8 Å². The van der Waals surface area contributed by atoms with Crippen LogP contribution in [-0.2, 0) is 0 Å². The fourth-order valence-corrected chi connectivity index (χ4v) is 2.37. The van der Waals surface area contributed by atoms with E-state index in [1.807, 2.05) is 30.3 Å². The summed E-state index contributed by atoms with van der Waals surface area (Å²) < 4.78 is 1.55. The van der Waals surface area contributed by atoms with Gasteiger partial charge in [-0.3, -0.25) is 5.43 Å². The van der Waals surface area contributed by atoms with Crippen LogP contribution >= 0.6 is 0 Å². The first-order valence-electron chi connectivity index (χ1n) is 6.98. The maximum Gasteiger partial charge on any atom is 0.177 e. The molecule has 4 rings (SSSR count). The van der Waals surface area contributed by atoms with Gasteiger partial charge in [0.15, 0.2) is 11.5 Å². The highest BCUT2D eigenvalue weighted by Crippen LogP contribution is 2.25. The molecule has 0 aliphatic heterocycles. The highest BCUT2D eigenvalue weighted by atomic mass is 16.3. The SMILES string of the molecule is Oc1ccc2ccccc2c1C=NNc1ccc2nncn2n1. The Morgan fingerprint density at radius 2 is 2.00 bits per heavy atom. The Labute approximate surface area is 130 Å². The lowest BCUT2D eigenvalue weighted by molar-refractivity contribution is 0.475. The number of nitrogens with one attached hydrogen (secondary N) is 1. The van der Waals surface area contributed by atoms with Gasteiger partial charge in [0.1, 0.15) is 12.1 Å². The molecule has 0 aliphatic rings. The summed E-state index contributed by atoms with van der Waals surface area (Å²) in [5.41, 5.74) is 4.15. The zero-order valence-electron chi connectivity index (χ0n) is 12.0. The molecule has 2 aromatic heterocycles. The molecule has 0 saturated heterocycles. The van der Waals surface area contributed by atoms with Crippen molar-refractivity contribution in [2.75, 3.05) is 5.43 Å². The number of benzene rings is 2. The minimum Gasteiger partial charge on any atom is -0.507 e. The summed E-state index contributed by atoms with van der Waals surface area (Å²) in [5, 5.41) is 28.1. The summed E-state index contributed by atoms with van der Waals surface area (Å²) in [7, 11) is 0. The summed E-state index contributed by atoms with van der Waals surface area (Å²) in [5.74, 6) is 0.727. The Hall–Kier alpha value is -3.48. The number of anilines is 1. The van der Waals surface area contributed by atoms with Crippen molar-refractivity contribution in [2.24, 2.45) is 5.10 Å². The molecule has 112 valence electrons. The third-order valence-corrected chi connectivity index (χ3v) is 3.48. The molecule has 0 bridgehead atoms. The highest BCUT2D eigenvalue weighted by molar-refractivity contribution is 6.02. The smallest absolute Gasteiger partial charge is 0.177 e. The fraction of sp³-hybridized carbons (Fsp3) is 0. The number of hydrogen-bond acceptors (Lipinski definition) is 6. The summed E-state index contributed by atoms with van der Waals surface area (Å²) >= 11 is 0. The van der Waals surface area contributed by atoms with Gasteiger partial charge in [0.2, 0.25) is 0 Å². The van der Waals surface area contributed by atoms with Crippen molar-refractivity contribution < 1.29 is 5.11 Å². The van der Waals surface area contributed by atoms with Crippen LogP contribution < -0.4 is 5.43 Å². The van der Waals surface area contributed by atoms with Crippen molar-refractivity contribution >= 4 is 28.5 Å². The third kappa shape index (κ3) is 2.44. The maximum absolute atomic E-state index is 10.1. The number of aromatic hydroxyl groups is 1. The van der Waals surface area contributed by atoms with Crippen molar-refractivity contribution in [3.8, 4) is 5.75 Å². The zero-order chi connectivity index (χ0) is 15.6. The van der Waals surface area contributed by atoms with Gasteiger partial charge >= 0.3 is 0 Å². The quantitative estimate of drug-likeness (QED) is 0.448. The first-order valence-corrected chi connectivity index (χ1v) is 6.98. The van der Waals surface area contributed by atoms with E-state index in [9.17, 15) is 5.11 Å². The van der Waals surface area contributed by atoms with Gasteiger partial charge in [0.25, 0.3) is 0 Å². The van der Waals surface area contributed by atoms with Crippen molar-refractivity contribution in [1.82, 2.24) is 19.8 Å². The van der Waals surface area contributed by atoms with Gasteiger partial charge in [-0.05, 0) is 29.0 Å². The Morgan fingerprint density at radius 1 is 1.09 bits per heavy atom. The molecule has 7 heteroatoms. The van der Waals surface area contributed by atoms with Crippen LogP contribution in [0.5, 0.6) is 5.75 Å². The molecule has 0 spiro atoms. The average Bonchev–Trinajstić information content (AvgIpc) is 3.04. The summed E-state index contributed by atoms with van der Waals surface area (Å²) in [6.07, 6.45) is 3.09. The van der Waals surface area contributed by atoms with E-state index in [1.54, 1.807) is 28.9 Å². The lowest BCUT2D eigenvalue weighted by atomic mass is 10.0. The van der Waals surface area contributed by atoms with Crippen molar-refractivity contribution in [1.29, 1.82) is 0 Å². The van der Waals surface area contributed by atoms with E-state index in [-0.39, 0.29) is 5.75 Å². The monoisotopic (exact) mass is 304 g/mol. The zero-order valence-corrected chi connectivity index (χ0v) is 12.0. The van der Waals surface area contributed by atoms with Gasteiger partial charge in [-0.1, -0.05) is 30.3 Å². The van der Waals surface area contributed by atoms with Crippen molar-refractivity contribution in [3.63, 3.8) is 0 Å². The first kappa shape index (κ1) is 13.2. The molecule has 0 radical (unpaired) electrons. The van der Waals surface area contributed by atoms with E-state index in [1.165, 1.54) is 6.33 Å². The summed E-state index contributed by atoms with van der Waals surface area (Å²) in [6.45, 7) is 0. The Kier molecular flexibility index (Phi) is 3.09. The second kappa shape index (κ2) is 5.38. The maximum atomic E-state index is 10.1. The predicted octanol–water partition coefficient (Wildman–Crippen LogP) is 2.43. The molecule has 0 atom stereocenters. The number of nitrogens with zero attached hydrogens (tertiary/aromatic N) is 5. The minimum absolute atomic E-state index is 0.177. The molecule has 23 heavy (non-hydrogen) atoms. The lowest BCUT2D eigenvalue weighted by Crippen LogP contribution is -1.98. The molecule has 0 aliphatic carbocycles. The fourth-order valence-electron chi connectivity index (χ4n) is 2.37. The standard InChI is InChI=1S/C16H12N6O/c23-14-6-5-11-3-1-2-4-12(11)13(14)9-17-19-15-7-8-16-20-18-10-22(16)21-15/h1-10,23H,(H,19,21). The van der Waals surface area contributed by atoms with Gasteiger partial charge in [0.05, 0.1) is 6.21 Å². The minimum atomic E-state index is 0.177. The van der Waals surface area contributed by atoms with E-state index in [2.05, 4.69) is 25.8 Å². The largest absolute Gasteiger partial charge is 0.507 e. The molecule has 0 amide bonds. The van der Waals surface area contributed by atoms with E-state index in [0.29, 0.717) is 17.0 Å². The van der Waals surface area contributed by atoms with Crippen LogP contribution in [0.2, 0.25) is 0 Å². The van der Waals surface area contributed by atoms with Crippen molar-refractivity contribution in [2.45, 2.75) is 0 Å². The van der Waals surface area contributed by atoms with Crippen LogP contribution in [0.4, 0.5) is 5.82 Å². The molecule has 2 N–H and O–H groups in total. The van der Waals surface area contributed by atoms with Crippen LogP contribution in [-0.4, -0.2) is 31.1 Å². The topological polar surface area (TPSA) is 87.7 Å². The van der Waals surface area contributed by atoms with Crippen LogP contribution in [0.1, 0.15) is 5.56 Å². The first-order chi connectivity index (χ1) is 11.3. The van der Waals surface area contributed by atoms with Crippen LogP contribution in [0.3, 0.4) is 0 Å². The number of aromatic nitrogens is 4. The molecule has 0 unspecified atom stereocenters. The van der Waals surface area contributed by atoms with E-state index >= 15 is 0 Å². The summed E-state index contributed by atoms with van der Waals surface area (Å²) in [4.78, 5) is 0. The normalized spacial score (nSPS) is 11.5. The summed E-state index contributed by atoms with van der Waals surface area (Å²) in [6, 6.07) is 14.9. The van der Waals surface area contributed by atoms with Gasteiger partial charge in [-0.25, -0.2) is 0 Å². The number of fused-ring (bicyclic) bond motifs is 2. The average molecular weight is 304 g/mol. The molecule has 0 saturated carbocycles. The Morgan fingerprint density at radius 3 is 2.96 bits per heavy atom. The second-order valence-corrected chi connectivity index (χ2v) is 4.94. The Balaban J connectivity index is 1.64. The van der Waals surface area contributed by atoms with Gasteiger partial charge in [0, 0.05) is 5.56 Å². The van der Waals surface area contributed by atoms with Crippen LogP contribution in [0.25, 0.3) is 16.4 Å². The van der Waals surface area contributed by atoms with E-state index in [4.69, 9.17) is 0 Å². The molecule has 2 aromatic carbocycles. The van der Waals surface area contributed by atoms with Gasteiger partial charge in [-0.2, -0.15) is 9.62 Å². The highest BCUT2D eigenvalue weighted by Gasteiger charge is 2.04. The van der Waals surface area contributed by atoms with Crippen LogP contribution in [0, 0.1) is 0 Å². The lowest BCUT2D eigenvalue weighted by Gasteiger charge is -2.05. The number of phenolic OH excluding ortho intramolecular Hbond substituents is 1. The molecular formula is C16H12N6O. The molecule has 2 heterocycles. The predicted molar refractivity (Wildman–Crippen MR) is 87.6 cm³/mol.